The maximum atomic E-state index is 13.3. The van der Waals surface area contributed by atoms with E-state index in [0.717, 1.165) is 24.0 Å². The molecule has 5 heteroatoms. The molecule has 0 spiro atoms. The molecule has 0 unspecified atom stereocenters. The third-order valence-electron chi connectivity index (χ3n) is 5.98. The molecule has 1 amide bonds. The summed E-state index contributed by atoms with van der Waals surface area (Å²) in [6.07, 6.45) is 6.47. The highest BCUT2D eigenvalue weighted by atomic mass is 16.5. The van der Waals surface area contributed by atoms with E-state index in [9.17, 15) is 4.79 Å². The Bertz CT molecular complexity index is 997. The fourth-order valence-corrected chi connectivity index (χ4v) is 4.26. The number of hydrogen-bond donors (Lipinski definition) is 1. The lowest BCUT2D eigenvalue weighted by Crippen LogP contribution is -2.41. The highest BCUT2D eigenvalue weighted by molar-refractivity contribution is 6.00. The van der Waals surface area contributed by atoms with Gasteiger partial charge in [-0.3, -0.25) is 9.48 Å². The Morgan fingerprint density at radius 1 is 1.10 bits per heavy atom. The van der Waals surface area contributed by atoms with Crippen molar-refractivity contribution < 1.29 is 9.53 Å². The van der Waals surface area contributed by atoms with E-state index in [4.69, 9.17) is 9.84 Å². The minimum Gasteiger partial charge on any atom is -0.496 e. The molecule has 1 aliphatic rings. The average Bonchev–Trinajstić information content (AvgIpc) is 3.19. The fraction of sp³-hybridized carbons (Fsp3) is 0.360. The van der Waals surface area contributed by atoms with Gasteiger partial charge in [-0.15, -0.1) is 0 Å². The summed E-state index contributed by atoms with van der Waals surface area (Å²) in [4.78, 5) is 13.3. The van der Waals surface area contributed by atoms with Crippen molar-refractivity contribution in [3.63, 3.8) is 0 Å². The molecule has 1 saturated carbocycles. The Morgan fingerprint density at radius 2 is 1.83 bits per heavy atom. The summed E-state index contributed by atoms with van der Waals surface area (Å²) in [5.74, 6) is 1.15. The van der Waals surface area contributed by atoms with Gasteiger partial charge < -0.3 is 10.1 Å². The molecule has 1 aromatic heterocycles. The van der Waals surface area contributed by atoms with E-state index < -0.39 is 0 Å². The lowest BCUT2D eigenvalue weighted by Gasteiger charge is -2.29. The van der Waals surface area contributed by atoms with Gasteiger partial charge in [0, 0.05) is 17.8 Å². The molecule has 2 atom stereocenters. The molecule has 0 radical (unpaired) electrons. The van der Waals surface area contributed by atoms with E-state index in [1.807, 2.05) is 53.3 Å². The molecule has 1 fully saturated rings. The normalized spacial score (nSPS) is 18.7. The number of carbonyl (C=O) groups is 1. The van der Waals surface area contributed by atoms with Gasteiger partial charge in [-0.25, -0.2) is 0 Å². The Balaban J connectivity index is 1.68. The van der Waals surface area contributed by atoms with Crippen LogP contribution in [-0.4, -0.2) is 28.8 Å². The van der Waals surface area contributed by atoms with Crippen LogP contribution in [0, 0.1) is 5.92 Å². The van der Waals surface area contributed by atoms with Gasteiger partial charge in [0.15, 0.2) is 0 Å². The number of nitrogens with zero attached hydrogens (tertiary/aromatic N) is 2. The van der Waals surface area contributed by atoms with E-state index in [2.05, 4.69) is 24.4 Å². The molecule has 2 aromatic carbocycles. The maximum absolute atomic E-state index is 13.3. The van der Waals surface area contributed by atoms with Crippen LogP contribution in [0.15, 0.2) is 60.8 Å². The SMILES string of the molecule is COc1ccccc1-c1nn(Cc2ccccc2)cc1C(=O)N[C@@H]1CCCC[C@@H]1C. The van der Waals surface area contributed by atoms with Gasteiger partial charge in [0.1, 0.15) is 11.4 Å². The number of benzene rings is 2. The van der Waals surface area contributed by atoms with Crippen LogP contribution in [-0.2, 0) is 6.54 Å². The molecule has 0 aliphatic heterocycles. The van der Waals surface area contributed by atoms with Gasteiger partial charge in [0.25, 0.3) is 5.91 Å². The lowest BCUT2D eigenvalue weighted by atomic mass is 9.86. The molecule has 1 heterocycles. The molecule has 5 nitrogen and oxygen atoms in total. The van der Waals surface area contributed by atoms with Gasteiger partial charge in [-0.1, -0.05) is 62.2 Å². The third-order valence-corrected chi connectivity index (χ3v) is 5.98. The van der Waals surface area contributed by atoms with E-state index in [1.165, 1.54) is 12.8 Å². The van der Waals surface area contributed by atoms with Gasteiger partial charge in [-0.2, -0.15) is 5.10 Å². The Morgan fingerprint density at radius 3 is 2.60 bits per heavy atom. The highest BCUT2D eigenvalue weighted by Crippen LogP contribution is 2.32. The number of aromatic nitrogens is 2. The molecule has 3 aromatic rings. The Kier molecular flexibility index (Phi) is 6.17. The van der Waals surface area contributed by atoms with Crippen LogP contribution in [0.25, 0.3) is 11.3 Å². The molecular formula is C25H29N3O2. The largest absolute Gasteiger partial charge is 0.496 e. The summed E-state index contributed by atoms with van der Waals surface area (Å²) < 4.78 is 7.39. The topological polar surface area (TPSA) is 56.2 Å². The molecular weight excluding hydrogens is 374 g/mol. The molecule has 1 aliphatic carbocycles. The number of hydrogen-bond acceptors (Lipinski definition) is 3. The summed E-state index contributed by atoms with van der Waals surface area (Å²) in [5, 5.41) is 8.07. The Hall–Kier alpha value is -3.08. The second kappa shape index (κ2) is 9.16. The number of nitrogens with one attached hydrogen (secondary N) is 1. The van der Waals surface area contributed by atoms with Gasteiger partial charge in [0.2, 0.25) is 0 Å². The van der Waals surface area contributed by atoms with Crippen LogP contribution in [0.1, 0.15) is 48.5 Å². The third kappa shape index (κ3) is 4.40. The molecule has 0 saturated heterocycles. The van der Waals surface area contributed by atoms with Gasteiger partial charge in [0.05, 0.1) is 19.2 Å². The van der Waals surface area contributed by atoms with Crippen molar-refractivity contribution in [1.82, 2.24) is 15.1 Å². The van der Waals surface area contributed by atoms with Gasteiger partial charge in [-0.05, 0) is 36.5 Å². The minimum atomic E-state index is -0.0611. The van der Waals surface area contributed by atoms with Crippen LogP contribution in [0.2, 0.25) is 0 Å². The second-order valence-corrected chi connectivity index (χ2v) is 8.12. The van der Waals surface area contributed by atoms with Gasteiger partial charge >= 0.3 is 0 Å². The summed E-state index contributed by atoms with van der Waals surface area (Å²) in [6, 6.07) is 18.1. The molecule has 0 bridgehead atoms. The maximum Gasteiger partial charge on any atom is 0.255 e. The zero-order valence-electron chi connectivity index (χ0n) is 17.7. The van der Waals surface area contributed by atoms with Crippen LogP contribution in [0.4, 0.5) is 0 Å². The first kappa shape index (κ1) is 20.2. The number of amides is 1. The molecule has 30 heavy (non-hydrogen) atoms. The smallest absolute Gasteiger partial charge is 0.255 e. The monoisotopic (exact) mass is 403 g/mol. The van der Waals surface area contributed by atoms with E-state index in [0.29, 0.717) is 29.5 Å². The molecule has 4 rings (SSSR count). The van der Waals surface area contributed by atoms with E-state index in [1.54, 1.807) is 7.11 Å². The van der Waals surface area contributed by atoms with Crippen LogP contribution >= 0.6 is 0 Å². The van der Waals surface area contributed by atoms with Crippen molar-refractivity contribution in [2.75, 3.05) is 7.11 Å². The quantitative estimate of drug-likeness (QED) is 0.636. The standard InChI is InChI=1S/C25H29N3O2/c1-18-10-6-8-14-22(18)26-25(29)21-17-28(16-19-11-4-3-5-12-19)27-24(21)20-13-7-9-15-23(20)30-2/h3-5,7,9,11-13,15,17-18,22H,6,8,10,14,16H2,1-2H3,(H,26,29)/t18-,22+/m0/s1. The van der Waals surface area contributed by atoms with Crippen molar-refractivity contribution in [3.05, 3.63) is 71.9 Å². The van der Waals surface area contributed by atoms with Crippen molar-refractivity contribution in [3.8, 4) is 17.0 Å². The van der Waals surface area contributed by atoms with Crippen molar-refractivity contribution in [2.45, 2.75) is 45.2 Å². The van der Waals surface area contributed by atoms with Crippen LogP contribution in [0.3, 0.4) is 0 Å². The van der Waals surface area contributed by atoms with E-state index >= 15 is 0 Å². The van der Waals surface area contributed by atoms with Crippen molar-refractivity contribution in [2.24, 2.45) is 5.92 Å². The predicted octanol–water partition coefficient (Wildman–Crippen LogP) is 4.92. The average molecular weight is 404 g/mol. The number of carbonyl (C=O) groups excluding carboxylic acids is 1. The summed E-state index contributed by atoms with van der Waals surface area (Å²) in [7, 11) is 1.64. The first-order valence-corrected chi connectivity index (χ1v) is 10.7. The first-order chi connectivity index (χ1) is 14.7. The number of methoxy groups -OCH3 is 1. The lowest BCUT2D eigenvalue weighted by molar-refractivity contribution is 0.0911. The minimum absolute atomic E-state index is 0.0611. The zero-order chi connectivity index (χ0) is 20.9. The molecule has 1 N–H and O–H groups in total. The molecule has 156 valence electrons. The summed E-state index contributed by atoms with van der Waals surface area (Å²) in [5.41, 5.74) is 3.21. The first-order valence-electron chi connectivity index (χ1n) is 10.7. The second-order valence-electron chi connectivity index (χ2n) is 8.12. The van der Waals surface area contributed by atoms with Crippen LogP contribution < -0.4 is 10.1 Å². The number of para-hydroxylation sites is 1. The van der Waals surface area contributed by atoms with Crippen molar-refractivity contribution >= 4 is 5.91 Å². The Labute approximate surface area is 178 Å². The van der Waals surface area contributed by atoms with E-state index in [-0.39, 0.29) is 11.9 Å². The number of rotatable bonds is 6. The fourth-order valence-electron chi connectivity index (χ4n) is 4.26. The van der Waals surface area contributed by atoms with Crippen molar-refractivity contribution in [1.29, 1.82) is 0 Å². The predicted molar refractivity (Wildman–Crippen MR) is 119 cm³/mol. The van der Waals surface area contributed by atoms with Crippen LogP contribution in [0.5, 0.6) is 5.75 Å². The zero-order valence-corrected chi connectivity index (χ0v) is 17.7. The summed E-state index contributed by atoms with van der Waals surface area (Å²) >= 11 is 0. The highest BCUT2D eigenvalue weighted by Gasteiger charge is 2.26. The number of ether oxygens (including phenoxy) is 1. The summed E-state index contributed by atoms with van der Waals surface area (Å²) in [6.45, 7) is 2.83.